The molecule has 0 radical (unpaired) electrons. The van der Waals surface area contributed by atoms with Crippen molar-refractivity contribution in [1.82, 2.24) is 10.3 Å². The van der Waals surface area contributed by atoms with Crippen LogP contribution in [0.2, 0.25) is 0 Å². The van der Waals surface area contributed by atoms with Gasteiger partial charge in [0.2, 0.25) is 0 Å². The number of aromatic nitrogens is 1. The molecule has 0 saturated carbocycles. The maximum Gasteiger partial charge on any atom is 0.139 e. The largest absolute Gasteiger partial charge is 0.409 e. The first-order chi connectivity index (χ1) is 8.33. The molecule has 0 aliphatic rings. The van der Waals surface area contributed by atoms with Gasteiger partial charge in [0.25, 0.3) is 0 Å². The summed E-state index contributed by atoms with van der Waals surface area (Å²) in [4.78, 5) is 4.25. The molecule has 0 aromatic carbocycles. The van der Waals surface area contributed by atoms with Crippen LogP contribution < -0.4 is 11.1 Å². The average molecular weight is 236 g/mol. The van der Waals surface area contributed by atoms with Crippen molar-refractivity contribution in [2.45, 2.75) is 25.7 Å². The zero-order chi connectivity index (χ0) is 12.3. The maximum absolute atomic E-state index is 8.34. The van der Waals surface area contributed by atoms with Crippen LogP contribution in [0.15, 0.2) is 29.6 Å². The van der Waals surface area contributed by atoms with Gasteiger partial charge in [-0.1, -0.05) is 11.2 Å². The lowest BCUT2D eigenvalue weighted by atomic mass is 10.2. The lowest BCUT2D eigenvalue weighted by Gasteiger charge is -2.04. The maximum atomic E-state index is 8.34. The Labute approximate surface area is 102 Å². The molecule has 5 nitrogen and oxygen atoms in total. The minimum absolute atomic E-state index is 0.304. The van der Waals surface area contributed by atoms with E-state index in [4.69, 9.17) is 10.9 Å². The third-order valence-electron chi connectivity index (χ3n) is 2.45. The number of oxime groups is 1. The lowest BCUT2D eigenvalue weighted by molar-refractivity contribution is 0.316. The zero-order valence-corrected chi connectivity index (χ0v) is 9.97. The fraction of sp³-hybridized carbons (Fsp3) is 0.500. The molecule has 0 atom stereocenters. The van der Waals surface area contributed by atoms with E-state index >= 15 is 0 Å². The van der Waals surface area contributed by atoms with Gasteiger partial charge in [0.1, 0.15) is 5.84 Å². The summed E-state index contributed by atoms with van der Waals surface area (Å²) >= 11 is 0. The predicted molar refractivity (Wildman–Crippen MR) is 68.1 cm³/mol. The van der Waals surface area contributed by atoms with Crippen molar-refractivity contribution >= 4 is 5.84 Å². The van der Waals surface area contributed by atoms with Gasteiger partial charge in [0.05, 0.1) is 0 Å². The van der Waals surface area contributed by atoms with Crippen LogP contribution in [0.25, 0.3) is 0 Å². The van der Waals surface area contributed by atoms with Crippen molar-refractivity contribution in [3.63, 3.8) is 0 Å². The summed E-state index contributed by atoms with van der Waals surface area (Å²) in [5.74, 6) is 0.304. The molecule has 4 N–H and O–H groups in total. The second-order valence-electron chi connectivity index (χ2n) is 3.87. The number of rotatable bonds is 8. The SMILES string of the molecule is NC(CCCCNCCc1ccccn1)=NO. The molecule has 0 aliphatic heterocycles. The minimum Gasteiger partial charge on any atom is -0.409 e. The average Bonchev–Trinajstić information content (AvgIpc) is 2.38. The van der Waals surface area contributed by atoms with Crippen LogP contribution in [0.1, 0.15) is 25.0 Å². The second-order valence-corrected chi connectivity index (χ2v) is 3.87. The Morgan fingerprint density at radius 3 is 2.94 bits per heavy atom. The van der Waals surface area contributed by atoms with Crippen molar-refractivity contribution in [1.29, 1.82) is 0 Å². The molecular weight excluding hydrogens is 216 g/mol. The van der Waals surface area contributed by atoms with Crippen molar-refractivity contribution in [2.24, 2.45) is 10.9 Å². The van der Waals surface area contributed by atoms with Crippen LogP contribution in [0.5, 0.6) is 0 Å². The quantitative estimate of drug-likeness (QED) is 0.208. The summed E-state index contributed by atoms with van der Waals surface area (Å²) in [6.07, 6.45) is 5.37. The van der Waals surface area contributed by atoms with Gasteiger partial charge >= 0.3 is 0 Å². The Morgan fingerprint density at radius 2 is 2.24 bits per heavy atom. The Hall–Kier alpha value is -1.62. The minimum atomic E-state index is 0.304. The number of pyridine rings is 1. The Kier molecular flexibility index (Phi) is 6.74. The van der Waals surface area contributed by atoms with Gasteiger partial charge < -0.3 is 16.3 Å². The Morgan fingerprint density at radius 1 is 1.35 bits per heavy atom. The standard InChI is InChI=1S/C12H20N4O/c13-12(16-17)6-2-3-8-14-10-7-11-5-1-4-9-15-11/h1,4-5,9,14,17H,2-3,6-8,10H2,(H2,13,16). The van der Waals surface area contributed by atoms with E-state index in [1.54, 1.807) is 0 Å². The topological polar surface area (TPSA) is 83.5 Å². The molecule has 94 valence electrons. The van der Waals surface area contributed by atoms with Crippen molar-refractivity contribution in [3.05, 3.63) is 30.1 Å². The molecule has 17 heavy (non-hydrogen) atoms. The number of hydrogen-bond acceptors (Lipinski definition) is 4. The van der Waals surface area contributed by atoms with Crippen molar-refractivity contribution in [2.75, 3.05) is 13.1 Å². The third-order valence-corrected chi connectivity index (χ3v) is 2.45. The summed E-state index contributed by atoms with van der Waals surface area (Å²) in [7, 11) is 0. The lowest BCUT2D eigenvalue weighted by Crippen LogP contribution is -2.19. The van der Waals surface area contributed by atoms with Gasteiger partial charge in [-0.3, -0.25) is 4.98 Å². The van der Waals surface area contributed by atoms with E-state index in [0.29, 0.717) is 12.3 Å². The van der Waals surface area contributed by atoms with Crippen LogP contribution in [0.4, 0.5) is 0 Å². The molecule has 0 saturated heterocycles. The highest BCUT2D eigenvalue weighted by Gasteiger charge is 1.95. The molecule has 1 rings (SSSR count). The summed E-state index contributed by atoms with van der Waals surface area (Å²) < 4.78 is 0. The first-order valence-electron chi connectivity index (χ1n) is 5.90. The monoisotopic (exact) mass is 236 g/mol. The molecule has 0 amide bonds. The molecular formula is C12H20N4O. The Balaban J connectivity index is 1.95. The highest BCUT2D eigenvalue weighted by molar-refractivity contribution is 5.79. The summed E-state index contributed by atoms with van der Waals surface area (Å²) in [5, 5.41) is 14.6. The van der Waals surface area contributed by atoms with Gasteiger partial charge in [0, 0.05) is 31.3 Å². The van der Waals surface area contributed by atoms with Crippen LogP contribution in [0.3, 0.4) is 0 Å². The van der Waals surface area contributed by atoms with Crippen molar-refractivity contribution < 1.29 is 5.21 Å². The molecule has 0 fully saturated rings. The van der Waals surface area contributed by atoms with Crippen molar-refractivity contribution in [3.8, 4) is 0 Å². The van der Waals surface area contributed by atoms with E-state index < -0.39 is 0 Å². The first-order valence-corrected chi connectivity index (χ1v) is 5.90. The van der Waals surface area contributed by atoms with Crippen LogP contribution >= 0.6 is 0 Å². The van der Waals surface area contributed by atoms with E-state index in [-0.39, 0.29) is 0 Å². The number of amidine groups is 1. The van der Waals surface area contributed by atoms with Gasteiger partial charge in [-0.25, -0.2) is 0 Å². The van der Waals surface area contributed by atoms with E-state index in [2.05, 4.69) is 15.5 Å². The van der Waals surface area contributed by atoms with Gasteiger partial charge in [-0.05, 0) is 31.5 Å². The number of unbranched alkanes of at least 4 members (excludes halogenated alkanes) is 1. The Bertz CT molecular complexity index is 327. The van der Waals surface area contributed by atoms with Gasteiger partial charge in [-0.15, -0.1) is 0 Å². The molecule has 0 spiro atoms. The van der Waals surface area contributed by atoms with Crippen LogP contribution in [-0.2, 0) is 6.42 Å². The fourth-order valence-corrected chi connectivity index (χ4v) is 1.49. The molecule has 5 heteroatoms. The molecule has 1 heterocycles. The molecule has 1 aromatic rings. The van der Waals surface area contributed by atoms with Crippen LogP contribution in [-0.4, -0.2) is 29.1 Å². The molecule has 0 unspecified atom stereocenters. The third kappa shape index (κ3) is 6.52. The first kappa shape index (κ1) is 13.4. The van der Waals surface area contributed by atoms with Gasteiger partial charge in [-0.2, -0.15) is 0 Å². The van der Waals surface area contributed by atoms with Gasteiger partial charge in [0.15, 0.2) is 0 Å². The zero-order valence-electron chi connectivity index (χ0n) is 9.97. The molecule has 0 aliphatic carbocycles. The van der Waals surface area contributed by atoms with E-state index in [0.717, 1.165) is 38.0 Å². The number of hydrogen-bond donors (Lipinski definition) is 3. The predicted octanol–water partition coefficient (Wildman–Crippen LogP) is 1.13. The molecule has 1 aromatic heterocycles. The smallest absolute Gasteiger partial charge is 0.139 e. The van der Waals surface area contributed by atoms with E-state index in [9.17, 15) is 0 Å². The summed E-state index contributed by atoms with van der Waals surface area (Å²) in [6, 6.07) is 5.95. The number of nitrogens with two attached hydrogens (primary N) is 1. The highest BCUT2D eigenvalue weighted by atomic mass is 16.4. The van der Waals surface area contributed by atoms with E-state index in [1.165, 1.54) is 0 Å². The normalized spacial score (nSPS) is 11.6. The summed E-state index contributed by atoms with van der Waals surface area (Å²) in [6.45, 7) is 1.88. The number of nitrogens with one attached hydrogen (secondary N) is 1. The number of nitrogens with zero attached hydrogens (tertiary/aromatic N) is 2. The second kappa shape index (κ2) is 8.52. The summed E-state index contributed by atoms with van der Waals surface area (Å²) in [5.41, 5.74) is 6.47. The van der Waals surface area contributed by atoms with Crippen LogP contribution in [0, 0.1) is 0 Å². The molecule has 0 bridgehead atoms. The van der Waals surface area contributed by atoms with E-state index in [1.807, 2.05) is 24.4 Å². The fourth-order valence-electron chi connectivity index (χ4n) is 1.49. The highest BCUT2D eigenvalue weighted by Crippen LogP contribution is 1.95.